The van der Waals surface area contributed by atoms with Gasteiger partial charge in [0.15, 0.2) is 23.8 Å². The van der Waals surface area contributed by atoms with Crippen molar-refractivity contribution in [2.24, 2.45) is 0 Å². The zero-order chi connectivity index (χ0) is 17.6. The Labute approximate surface area is 138 Å². The molecule has 1 amide bonds. The van der Waals surface area contributed by atoms with Gasteiger partial charge in [-0.1, -0.05) is 0 Å². The van der Waals surface area contributed by atoms with E-state index in [0.29, 0.717) is 11.2 Å². The van der Waals surface area contributed by atoms with Crippen LogP contribution in [0.1, 0.15) is 6.23 Å². The molecular weight excluding hydrogens is 334 g/mol. The van der Waals surface area contributed by atoms with Gasteiger partial charge in [-0.2, -0.15) is 10.1 Å². The molecule has 4 atom stereocenters. The van der Waals surface area contributed by atoms with Gasteiger partial charge in [-0.05, 0) is 0 Å². The first-order chi connectivity index (χ1) is 12.1. The summed E-state index contributed by atoms with van der Waals surface area (Å²) in [6.45, 7) is 0. The van der Waals surface area contributed by atoms with Gasteiger partial charge < -0.3 is 20.7 Å². The van der Waals surface area contributed by atoms with E-state index in [9.17, 15) is 15.0 Å². The number of aromatic nitrogens is 7. The highest BCUT2D eigenvalue weighted by Crippen LogP contribution is 2.32. The van der Waals surface area contributed by atoms with Crippen LogP contribution in [0.2, 0.25) is 0 Å². The molecule has 0 unspecified atom stereocenters. The molecule has 1 aliphatic rings. The first-order valence-corrected chi connectivity index (χ1v) is 7.17. The lowest BCUT2D eigenvalue weighted by Gasteiger charge is -2.16. The summed E-state index contributed by atoms with van der Waals surface area (Å²) in [6.07, 6.45) is -1.49. The predicted octanol–water partition coefficient (Wildman–Crippen LogP) is -2.22. The van der Waals surface area contributed by atoms with Crippen molar-refractivity contribution >= 4 is 28.8 Å². The molecule has 1 aliphatic heterocycles. The second-order valence-electron chi connectivity index (χ2n) is 5.33. The molecular formula is C12H13N9O4. The third kappa shape index (κ3) is 2.46. The normalized spacial score (nSPS) is 26.2. The SMILES string of the molecule is Nc1ncnc2c1ncn2[C@@H]1O[C@H](C(=O)Nc2ncn[nH]2)[C@@H](O)[C@H]1O. The minimum absolute atomic E-state index is 0.0901. The largest absolute Gasteiger partial charge is 0.387 e. The lowest BCUT2D eigenvalue weighted by molar-refractivity contribution is -0.132. The number of fused-ring (bicyclic) bond motifs is 1. The number of anilines is 2. The van der Waals surface area contributed by atoms with E-state index < -0.39 is 30.4 Å². The topological polar surface area (TPSA) is 190 Å². The van der Waals surface area contributed by atoms with E-state index in [2.05, 4.69) is 35.5 Å². The zero-order valence-corrected chi connectivity index (χ0v) is 12.5. The molecule has 6 N–H and O–H groups in total. The van der Waals surface area contributed by atoms with E-state index in [-0.39, 0.29) is 11.8 Å². The molecule has 0 aliphatic carbocycles. The molecule has 1 fully saturated rings. The number of aliphatic hydroxyl groups is 2. The van der Waals surface area contributed by atoms with Crippen molar-refractivity contribution in [3.8, 4) is 0 Å². The molecule has 4 heterocycles. The summed E-state index contributed by atoms with van der Waals surface area (Å²) in [6, 6.07) is 0. The average molecular weight is 347 g/mol. The number of aliphatic hydroxyl groups excluding tert-OH is 2. The van der Waals surface area contributed by atoms with Crippen LogP contribution in [0.5, 0.6) is 0 Å². The molecule has 13 nitrogen and oxygen atoms in total. The molecule has 0 bridgehead atoms. The van der Waals surface area contributed by atoms with Crippen LogP contribution in [0, 0.1) is 0 Å². The number of aromatic amines is 1. The Balaban J connectivity index is 1.61. The molecule has 0 spiro atoms. The Morgan fingerprint density at radius 2 is 2.08 bits per heavy atom. The Bertz CT molecular complexity index is 911. The van der Waals surface area contributed by atoms with Gasteiger partial charge in [-0.25, -0.2) is 20.1 Å². The molecule has 4 rings (SSSR count). The quantitative estimate of drug-likeness (QED) is 0.347. The number of hydrogen-bond acceptors (Lipinski definition) is 10. The fourth-order valence-corrected chi connectivity index (χ4v) is 2.62. The van der Waals surface area contributed by atoms with E-state index >= 15 is 0 Å². The maximum Gasteiger partial charge on any atom is 0.258 e. The molecule has 13 heteroatoms. The van der Waals surface area contributed by atoms with E-state index in [1.54, 1.807) is 0 Å². The van der Waals surface area contributed by atoms with Crippen LogP contribution >= 0.6 is 0 Å². The first-order valence-electron chi connectivity index (χ1n) is 7.17. The highest BCUT2D eigenvalue weighted by Gasteiger charge is 2.48. The predicted molar refractivity (Wildman–Crippen MR) is 80.7 cm³/mol. The molecule has 0 radical (unpaired) electrons. The number of nitrogens with zero attached hydrogens (tertiary/aromatic N) is 6. The molecule has 0 aromatic carbocycles. The van der Waals surface area contributed by atoms with Crippen molar-refractivity contribution in [2.75, 3.05) is 11.1 Å². The van der Waals surface area contributed by atoms with E-state index in [1.807, 2.05) is 0 Å². The van der Waals surface area contributed by atoms with Gasteiger partial charge in [0, 0.05) is 0 Å². The second kappa shape index (κ2) is 5.73. The van der Waals surface area contributed by atoms with Crippen LogP contribution in [-0.4, -0.2) is 69.1 Å². The fraction of sp³-hybridized carbons (Fsp3) is 0.333. The highest BCUT2D eigenvalue weighted by atomic mass is 16.6. The number of nitrogens with two attached hydrogens (primary N) is 1. The number of nitrogens with one attached hydrogen (secondary N) is 2. The number of imidazole rings is 1. The minimum atomic E-state index is -1.47. The summed E-state index contributed by atoms with van der Waals surface area (Å²) in [5.41, 5.74) is 6.35. The van der Waals surface area contributed by atoms with Crippen molar-refractivity contribution < 1.29 is 19.7 Å². The molecule has 3 aromatic heterocycles. The van der Waals surface area contributed by atoms with E-state index in [4.69, 9.17) is 10.5 Å². The standard InChI is InChI=1S/C12H13N9O4/c13-8-4-9(15-1-14-8)21(3-17-4)11-6(23)5(22)7(25-11)10(24)19-12-16-2-18-20-12/h1-3,5-7,11,22-23H,(H2,13,14,15)(H2,16,18,19,20,24)/t5-,6+,7-,11+/m0/s1. The lowest BCUT2D eigenvalue weighted by atomic mass is 10.1. The number of nitrogen functional groups attached to an aromatic ring is 1. The van der Waals surface area contributed by atoms with Crippen LogP contribution in [0.15, 0.2) is 19.0 Å². The molecule has 130 valence electrons. The summed E-state index contributed by atoms with van der Waals surface area (Å²) in [4.78, 5) is 27.9. The van der Waals surface area contributed by atoms with Gasteiger partial charge in [0.05, 0.1) is 6.33 Å². The number of hydrogen-bond donors (Lipinski definition) is 5. The lowest BCUT2D eigenvalue weighted by Crippen LogP contribution is -2.39. The van der Waals surface area contributed by atoms with Crippen LogP contribution in [0.3, 0.4) is 0 Å². The Kier molecular flexibility index (Phi) is 3.52. The molecule has 1 saturated heterocycles. The molecule has 25 heavy (non-hydrogen) atoms. The van der Waals surface area contributed by atoms with Crippen molar-refractivity contribution in [3.63, 3.8) is 0 Å². The van der Waals surface area contributed by atoms with Crippen LogP contribution in [0.25, 0.3) is 11.2 Å². The maximum atomic E-state index is 12.2. The molecule has 0 saturated carbocycles. The average Bonchev–Trinajstić information content (AvgIpc) is 3.30. The summed E-state index contributed by atoms with van der Waals surface area (Å²) in [5.74, 6) is -0.437. The fourth-order valence-electron chi connectivity index (χ4n) is 2.62. The third-order valence-corrected chi connectivity index (χ3v) is 3.81. The van der Waals surface area contributed by atoms with Crippen LogP contribution in [-0.2, 0) is 9.53 Å². The maximum absolute atomic E-state index is 12.2. The Morgan fingerprint density at radius 3 is 2.84 bits per heavy atom. The first kappa shape index (κ1) is 15.4. The zero-order valence-electron chi connectivity index (χ0n) is 12.5. The summed E-state index contributed by atoms with van der Waals surface area (Å²) >= 11 is 0. The van der Waals surface area contributed by atoms with Gasteiger partial charge in [0.1, 0.15) is 30.4 Å². The highest BCUT2D eigenvalue weighted by molar-refractivity contribution is 5.93. The number of rotatable bonds is 3. The van der Waals surface area contributed by atoms with Gasteiger partial charge in [0.25, 0.3) is 5.91 Å². The number of carbonyl (C=O) groups excluding carboxylic acids is 1. The van der Waals surface area contributed by atoms with Crippen molar-refractivity contribution in [3.05, 3.63) is 19.0 Å². The second-order valence-corrected chi connectivity index (χ2v) is 5.33. The van der Waals surface area contributed by atoms with Crippen LogP contribution < -0.4 is 11.1 Å². The van der Waals surface area contributed by atoms with E-state index in [0.717, 1.165) is 0 Å². The Hall–Kier alpha value is -3.16. The van der Waals surface area contributed by atoms with Crippen LogP contribution in [0.4, 0.5) is 11.8 Å². The minimum Gasteiger partial charge on any atom is -0.387 e. The van der Waals surface area contributed by atoms with Gasteiger partial charge in [-0.15, -0.1) is 0 Å². The van der Waals surface area contributed by atoms with Gasteiger partial charge in [-0.3, -0.25) is 14.7 Å². The van der Waals surface area contributed by atoms with Gasteiger partial charge in [0.2, 0.25) is 5.95 Å². The van der Waals surface area contributed by atoms with Crippen molar-refractivity contribution in [1.29, 1.82) is 0 Å². The monoisotopic (exact) mass is 347 g/mol. The van der Waals surface area contributed by atoms with Crippen molar-refractivity contribution in [1.82, 2.24) is 34.7 Å². The third-order valence-electron chi connectivity index (χ3n) is 3.81. The number of carbonyl (C=O) groups is 1. The number of amides is 1. The van der Waals surface area contributed by atoms with E-state index in [1.165, 1.54) is 23.5 Å². The van der Waals surface area contributed by atoms with Crippen molar-refractivity contribution in [2.45, 2.75) is 24.5 Å². The van der Waals surface area contributed by atoms with Gasteiger partial charge >= 0.3 is 0 Å². The molecule has 3 aromatic rings. The summed E-state index contributed by atoms with van der Waals surface area (Å²) in [7, 11) is 0. The number of H-pyrrole nitrogens is 1. The number of ether oxygens (including phenoxy) is 1. The summed E-state index contributed by atoms with van der Waals surface area (Å²) in [5, 5.41) is 28.9. The Morgan fingerprint density at radius 1 is 1.24 bits per heavy atom. The smallest absolute Gasteiger partial charge is 0.258 e. The summed E-state index contributed by atoms with van der Waals surface area (Å²) < 4.78 is 6.91.